The number of hydrogen-bond donors (Lipinski definition) is 0. The summed E-state index contributed by atoms with van der Waals surface area (Å²) in [5.41, 5.74) is 13.9. The average molecular weight is 773 g/mol. The minimum absolute atomic E-state index is 0.152. The minimum atomic E-state index is -0.152. The van der Waals surface area contributed by atoms with Gasteiger partial charge in [0.1, 0.15) is 0 Å². The second-order valence-corrected chi connectivity index (χ2v) is 17.1. The number of nitrogens with zero attached hydrogens (tertiary/aromatic N) is 4. The first kappa shape index (κ1) is 33.9. The van der Waals surface area contributed by atoms with Gasteiger partial charge in [0.25, 0.3) is 0 Å². The summed E-state index contributed by atoms with van der Waals surface area (Å²) in [5, 5.41) is 4.89. The maximum atomic E-state index is 5.37. The monoisotopic (exact) mass is 772 g/mol. The van der Waals surface area contributed by atoms with Gasteiger partial charge in [-0.05, 0) is 87.0 Å². The molecule has 0 spiro atoms. The SMILES string of the molecule is CC1(C)c2ccccc2-c2cc3c4ccccc4n(-c4nc(-c5ccccc5)nc(-c5cccc(-c6cccc7sc8ccc(-c9ccccc9)cc8c67)c5)n4)c3cc21. The molecule has 59 heavy (non-hydrogen) atoms. The number of para-hydroxylation sites is 1. The second kappa shape index (κ2) is 12.9. The topological polar surface area (TPSA) is 43.6 Å². The maximum Gasteiger partial charge on any atom is 0.238 e. The average Bonchev–Trinajstić information content (AvgIpc) is 3.91. The molecule has 0 fully saturated rings. The Labute approximate surface area is 345 Å². The van der Waals surface area contributed by atoms with Crippen LogP contribution in [0.3, 0.4) is 0 Å². The standard InChI is InChI=1S/C54H36N4S/c1-54(2)44-24-11-9-21-39(44)41-31-42-40-22-10-12-25-46(40)58(47(42)32-45(41)54)53-56-51(34-17-7-4-8-18-34)55-52(57-53)37-20-13-19-36(29-37)38-23-14-26-49-50(38)43-30-35(27-28-48(43)59-49)33-15-5-3-6-16-33/h3-32H,1-2H3. The first-order chi connectivity index (χ1) is 29.0. The van der Waals surface area contributed by atoms with Gasteiger partial charge < -0.3 is 0 Å². The third kappa shape index (κ3) is 5.25. The molecule has 0 atom stereocenters. The largest absolute Gasteiger partial charge is 0.278 e. The van der Waals surface area contributed by atoms with E-state index in [-0.39, 0.29) is 5.41 Å². The van der Waals surface area contributed by atoms with E-state index in [2.05, 4.69) is 182 Å². The summed E-state index contributed by atoms with van der Waals surface area (Å²) >= 11 is 1.84. The molecule has 1 aliphatic rings. The van der Waals surface area contributed by atoms with E-state index in [9.17, 15) is 0 Å². The zero-order chi connectivity index (χ0) is 39.2. The Hall–Kier alpha value is -7.21. The molecule has 3 aromatic heterocycles. The first-order valence-corrected chi connectivity index (χ1v) is 20.9. The van der Waals surface area contributed by atoms with Crippen molar-refractivity contribution in [1.29, 1.82) is 0 Å². The Morgan fingerprint density at radius 3 is 1.93 bits per heavy atom. The molecular formula is C54H36N4S. The minimum Gasteiger partial charge on any atom is -0.278 e. The lowest BCUT2D eigenvalue weighted by Crippen LogP contribution is -2.15. The molecule has 0 unspecified atom stereocenters. The van der Waals surface area contributed by atoms with Crippen molar-refractivity contribution in [3.05, 3.63) is 193 Å². The fourth-order valence-corrected chi connectivity index (χ4v) is 10.5. The summed E-state index contributed by atoms with van der Waals surface area (Å²) in [5.74, 6) is 1.86. The second-order valence-electron chi connectivity index (χ2n) is 16.0. The molecule has 0 saturated heterocycles. The molecule has 0 radical (unpaired) electrons. The van der Waals surface area contributed by atoms with Crippen molar-refractivity contribution in [3.63, 3.8) is 0 Å². The molecule has 8 aromatic carbocycles. The zero-order valence-electron chi connectivity index (χ0n) is 32.5. The quantitative estimate of drug-likeness (QED) is 0.175. The zero-order valence-corrected chi connectivity index (χ0v) is 33.3. The molecule has 12 rings (SSSR count). The summed E-state index contributed by atoms with van der Waals surface area (Å²) in [7, 11) is 0. The third-order valence-electron chi connectivity index (χ3n) is 12.3. The summed E-state index contributed by atoms with van der Waals surface area (Å²) in [6, 6.07) is 65.3. The van der Waals surface area contributed by atoms with Crippen LogP contribution in [0, 0.1) is 0 Å². The number of fused-ring (bicyclic) bond motifs is 9. The molecule has 3 heterocycles. The summed E-state index contributed by atoms with van der Waals surface area (Å²) in [6.45, 7) is 4.67. The Kier molecular flexibility index (Phi) is 7.41. The summed E-state index contributed by atoms with van der Waals surface area (Å²) in [4.78, 5) is 15.8. The van der Waals surface area contributed by atoms with E-state index >= 15 is 0 Å². The molecular weight excluding hydrogens is 737 g/mol. The van der Waals surface area contributed by atoms with Crippen LogP contribution in [-0.4, -0.2) is 19.5 Å². The van der Waals surface area contributed by atoms with Crippen molar-refractivity contribution < 1.29 is 0 Å². The van der Waals surface area contributed by atoms with Gasteiger partial charge in [-0.3, -0.25) is 4.57 Å². The van der Waals surface area contributed by atoms with Gasteiger partial charge >= 0.3 is 0 Å². The van der Waals surface area contributed by atoms with Gasteiger partial charge in [-0.15, -0.1) is 11.3 Å². The third-order valence-corrected chi connectivity index (χ3v) is 13.4. The highest BCUT2D eigenvalue weighted by molar-refractivity contribution is 7.26. The van der Waals surface area contributed by atoms with Crippen LogP contribution in [0.15, 0.2) is 182 Å². The lowest BCUT2D eigenvalue weighted by molar-refractivity contribution is 0.661. The van der Waals surface area contributed by atoms with Crippen molar-refractivity contribution in [2.75, 3.05) is 0 Å². The van der Waals surface area contributed by atoms with Crippen LogP contribution in [0.4, 0.5) is 0 Å². The smallest absolute Gasteiger partial charge is 0.238 e. The van der Waals surface area contributed by atoms with Crippen LogP contribution in [0.1, 0.15) is 25.0 Å². The van der Waals surface area contributed by atoms with E-state index in [1.54, 1.807) is 0 Å². The highest BCUT2D eigenvalue weighted by atomic mass is 32.1. The normalized spacial score (nSPS) is 13.1. The van der Waals surface area contributed by atoms with Gasteiger partial charge in [0.05, 0.1) is 11.0 Å². The van der Waals surface area contributed by atoms with Crippen molar-refractivity contribution in [2.45, 2.75) is 19.3 Å². The molecule has 278 valence electrons. The molecule has 0 amide bonds. The van der Waals surface area contributed by atoms with E-state index in [0.717, 1.165) is 27.7 Å². The molecule has 0 N–H and O–H groups in total. The Balaban J connectivity index is 1.06. The lowest BCUT2D eigenvalue weighted by atomic mass is 9.82. The van der Waals surface area contributed by atoms with Crippen molar-refractivity contribution in [3.8, 4) is 62.1 Å². The van der Waals surface area contributed by atoms with Crippen LogP contribution in [0.5, 0.6) is 0 Å². The van der Waals surface area contributed by atoms with Gasteiger partial charge in [-0.2, -0.15) is 9.97 Å². The van der Waals surface area contributed by atoms with Gasteiger partial charge in [0, 0.05) is 47.5 Å². The van der Waals surface area contributed by atoms with E-state index in [4.69, 9.17) is 15.0 Å². The van der Waals surface area contributed by atoms with Crippen LogP contribution in [0.25, 0.3) is 104 Å². The van der Waals surface area contributed by atoms with Crippen molar-refractivity contribution in [2.24, 2.45) is 0 Å². The Morgan fingerprint density at radius 1 is 0.407 bits per heavy atom. The number of aromatic nitrogens is 4. The van der Waals surface area contributed by atoms with E-state index in [1.807, 2.05) is 29.5 Å². The van der Waals surface area contributed by atoms with Gasteiger partial charge in [-0.1, -0.05) is 153 Å². The van der Waals surface area contributed by atoms with Crippen molar-refractivity contribution >= 4 is 53.3 Å². The number of rotatable bonds is 5. The van der Waals surface area contributed by atoms with E-state index in [0.29, 0.717) is 17.6 Å². The predicted octanol–water partition coefficient (Wildman–Crippen LogP) is 14.3. The van der Waals surface area contributed by atoms with Crippen LogP contribution < -0.4 is 0 Å². The number of thiophene rings is 1. The van der Waals surface area contributed by atoms with E-state index < -0.39 is 0 Å². The van der Waals surface area contributed by atoms with Crippen LogP contribution in [-0.2, 0) is 5.41 Å². The summed E-state index contributed by atoms with van der Waals surface area (Å²) in [6.07, 6.45) is 0. The molecule has 0 aliphatic heterocycles. The molecule has 0 bridgehead atoms. The highest BCUT2D eigenvalue weighted by Crippen LogP contribution is 2.51. The first-order valence-electron chi connectivity index (χ1n) is 20.1. The molecule has 0 saturated carbocycles. The van der Waals surface area contributed by atoms with Crippen LogP contribution >= 0.6 is 11.3 Å². The van der Waals surface area contributed by atoms with Gasteiger partial charge in [0.2, 0.25) is 5.95 Å². The fourth-order valence-electron chi connectivity index (χ4n) is 9.39. The molecule has 1 aliphatic carbocycles. The maximum absolute atomic E-state index is 5.37. The number of benzene rings is 8. The fraction of sp³-hybridized carbons (Fsp3) is 0.0556. The van der Waals surface area contributed by atoms with Gasteiger partial charge in [-0.25, -0.2) is 4.98 Å². The summed E-state index contributed by atoms with van der Waals surface area (Å²) < 4.78 is 4.79. The number of hydrogen-bond acceptors (Lipinski definition) is 4. The lowest BCUT2D eigenvalue weighted by Gasteiger charge is -2.21. The van der Waals surface area contributed by atoms with Crippen molar-refractivity contribution in [1.82, 2.24) is 19.5 Å². The predicted molar refractivity (Wildman–Crippen MR) is 246 cm³/mol. The van der Waals surface area contributed by atoms with E-state index in [1.165, 1.54) is 69.9 Å². The molecule has 5 heteroatoms. The Morgan fingerprint density at radius 2 is 1.08 bits per heavy atom. The van der Waals surface area contributed by atoms with Gasteiger partial charge in [0.15, 0.2) is 11.6 Å². The molecule has 4 nitrogen and oxygen atoms in total. The highest BCUT2D eigenvalue weighted by Gasteiger charge is 2.36. The van der Waals surface area contributed by atoms with Crippen LogP contribution in [0.2, 0.25) is 0 Å². The molecule has 11 aromatic rings. The Bertz CT molecular complexity index is 3470.